The second kappa shape index (κ2) is 9.48. The van der Waals surface area contributed by atoms with Gasteiger partial charge in [-0.25, -0.2) is 8.78 Å². The zero-order valence-corrected chi connectivity index (χ0v) is 15.4. The molecule has 0 amide bonds. The Balaban J connectivity index is 2.10. The molecule has 1 aliphatic rings. The molecule has 1 heterocycles. The second-order valence-corrected chi connectivity index (χ2v) is 6.50. The predicted octanol–water partition coefficient (Wildman–Crippen LogP) is 4.34. The molecule has 1 unspecified atom stereocenters. The molecule has 0 aliphatic carbocycles. The molecule has 2 rings (SSSR count). The lowest BCUT2D eigenvalue weighted by atomic mass is 10.1. The van der Waals surface area contributed by atoms with Gasteiger partial charge in [0.1, 0.15) is 11.5 Å². The molecule has 0 fully saturated rings. The fourth-order valence-electron chi connectivity index (χ4n) is 2.17. The number of allylic oxidation sites excluding steroid dienone is 3. The first-order chi connectivity index (χ1) is 12.1. The Morgan fingerprint density at radius 2 is 2.16 bits per heavy atom. The van der Waals surface area contributed by atoms with Crippen molar-refractivity contribution < 1.29 is 8.78 Å². The summed E-state index contributed by atoms with van der Waals surface area (Å²) in [4.78, 5) is 0. The zero-order valence-electron chi connectivity index (χ0n) is 14.6. The summed E-state index contributed by atoms with van der Waals surface area (Å²) in [7, 11) is 1.86. The summed E-state index contributed by atoms with van der Waals surface area (Å²) in [6.07, 6.45) is 8.45. The Morgan fingerprint density at radius 3 is 2.80 bits per heavy atom. The SMILES string of the molecule is CCCSNc1ccc(F)c(N/C=C(\C)C2=CNC(NC)C=C2)c1F. The van der Waals surface area contributed by atoms with Crippen molar-refractivity contribution in [2.24, 2.45) is 0 Å². The monoisotopic (exact) mass is 366 g/mol. The van der Waals surface area contributed by atoms with E-state index in [2.05, 4.69) is 20.7 Å². The highest BCUT2D eigenvalue weighted by atomic mass is 32.2. The van der Waals surface area contributed by atoms with Crippen LogP contribution in [0.1, 0.15) is 20.3 Å². The standard InChI is InChI=1S/C18H24F2N4S/c1-4-9-25-24-15-7-6-14(19)18(17(15)20)23-10-12(2)13-5-8-16(21-3)22-11-13/h5-8,10-11,16,21-24H,4,9H2,1-3H3/b12-10+. The van der Waals surface area contributed by atoms with Crippen LogP contribution in [0.2, 0.25) is 0 Å². The first-order valence-electron chi connectivity index (χ1n) is 8.18. The van der Waals surface area contributed by atoms with Crippen LogP contribution in [0, 0.1) is 11.6 Å². The molecule has 0 saturated heterocycles. The minimum Gasteiger partial charge on any atom is -0.372 e. The summed E-state index contributed by atoms with van der Waals surface area (Å²) < 4.78 is 31.4. The van der Waals surface area contributed by atoms with Crippen LogP contribution in [-0.2, 0) is 0 Å². The topological polar surface area (TPSA) is 48.1 Å². The van der Waals surface area contributed by atoms with Crippen molar-refractivity contribution in [3.05, 3.63) is 59.5 Å². The summed E-state index contributed by atoms with van der Waals surface area (Å²) in [5.74, 6) is -0.414. The third kappa shape index (κ3) is 5.24. The van der Waals surface area contributed by atoms with Gasteiger partial charge in [-0.05, 0) is 49.7 Å². The average molecular weight is 366 g/mol. The van der Waals surface area contributed by atoms with Crippen molar-refractivity contribution in [1.29, 1.82) is 0 Å². The summed E-state index contributed by atoms with van der Waals surface area (Å²) in [5.41, 5.74) is 1.90. The van der Waals surface area contributed by atoms with Crippen LogP contribution in [-0.4, -0.2) is 19.0 Å². The van der Waals surface area contributed by atoms with Crippen molar-refractivity contribution >= 4 is 23.3 Å². The van der Waals surface area contributed by atoms with E-state index in [9.17, 15) is 8.78 Å². The normalized spacial score (nSPS) is 17.1. The van der Waals surface area contributed by atoms with Gasteiger partial charge in [0.25, 0.3) is 0 Å². The first-order valence-corrected chi connectivity index (χ1v) is 9.16. The quantitative estimate of drug-likeness (QED) is 0.407. The molecule has 25 heavy (non-hydrogen) atoms. The van der Waals surface area contributed by atoms with Gasteiger partial charge in [-0.3, -0.25) is 5.32 Å². The molecule has 0 saturated carbocycles. The largest absolute Gasteiger partial charge is 0.372 e. The van der Waals surface area contributed by atoms with Crippen LogP contribution in [0.25, 0.3) is 0 Å². The number of benzene rings is 1. The zero-order chi connectivity index (χ0) is 18.2. The van der Waals surface area contributed by atoms with Crippen LogP contribution in [0.5, 0.6) is 0 Å². The molecule has 0 aromatic heterocycles. The first kappa shape index (κ1) is 19.3. The fourth-order valence-corrected chi connectivity index (χ4v) is 2.79. The van der Waals surface area contributed by atoms with Crippen LogP contribution in [0.15, 0.2) is 47.8 Å². The van der Waals surface area contributed by atoms with E-state index in [1.807, 2.05) is 39.2 Å². The number of rotatable bonds is 8. The summed E-state index contributed by atoms with van der Waals surface area (Å²) in [6.45, 7) is 3.91. The van der Waals surface area contributed by atoms with Crippen molar-refractivity contribution in [3.8, 4) is 0 Å². The summed E-state index contributed by atoms with van der Waals surface area (Å²) in [5, 5.41) is 9.00. The maximum atomic E-state index is 14.5. The van der Waals surface area contributed by atoms with E-state index < -0.39 is 11.6 Å². The van der Waals surface area contributed by atoms with Crippen molar-refractivity contribution in [3.63, 3.8) is 0 Å². The molecule has 1 aromatic carbocycles. The second-order valence-electron chi connectivity index (χ2n) is 5.60. The summed E-state index contributed by atoms with van der Waals surface area (Å²) in [6, 6.07) is 2.66. The summed E-state index contributed by atoms with van der Waals surface area (Å²) >= 11 is 1.40. The highest BCUT2D eigenvalue weighted by Gasteiger charge is 2.13. The molecular weight excluding hydrogens is 342 g/mol. The Hall–Kier alpha value is -1.99. The Kier molecular flexibility index (Phi) is 7.33. The van der Waals surface area contributed by atoms with E-state index >= 15 is 0 Å². The van der Waals surface area contributed by atoms with Crippen LogP contribution >= 0.6 is 11.9 Å². The van der Waals surface area contributed by atoms with Gasteiger partial charge < -0.3 is 15.4 Å². The molecule has 1 aliphatic heterocycles. The predicted molar refractivity (Wildman–Crippen MR) is 103 cm³/mol. The molecule has 0 radical (unpaired) electrons. The lowest BCUT2D eigenvalue weighted by Crippen LogP contribution is -2.36. The van der Waals surface area contributed by atoms with E-state index in [1.54, 1.807) is 6.20 Å². The van der Waals surface area contributed by atoms with Crippen molar-refractivity contribution in [2.75, 3.05) is 22.8 Å². The Bertz CT molecular complexity index is 686. The number of hydrogen-bond acceptors (Lipinski definition) is 5. The van der Waals surface area contributed by atoms with Gasteiger partial charge in [0.2, 0.25) is 0 Å². The lowest BCUT2D eigenvalue weighted by Gasteiger charge is -2.18. The van der Waals surface area contributed by atoms with E-state index in [0.717, 1.165) is 23.3 Å². The molecule has 1 aromatic rings. The van der Waals surface area contributed by atoms with Crippen LogP contribution < -0.4 is 20.7 Å². The minimum atomic E-state index is -0.630. The van der Waals surface area contributed by atoms with Gasteiger partial charge in [-0.15, -0.1) is 0 Å². The Morgan fingerprint density at radius 1 is 1.36 bits per heavy atom. The van der Waals surface area contributed by atoms with E-state index in [4.69, 9.17) is 0 Å². The molecular formula is C18H24F2N4S. The molecule has 0 bridgehead atoms. The third-order valence-corrected chi connectivity index (χ3v) is 4.64. The fraction of sp³-hybridized carbons (Fsp3) is 0.333. The molecule has 7 heteroatoms. The number of likely N-dealkylation sites (N-methyl/N-ethyl adjacent to an activating group) is 1. The van der Waals surface area contributed by atoms with Crippen LogP contribution in [0.4, 0.5) is 20.2 Å². The van der Waals surface area contributed by atoms with Crippen molar-refractivity contribution in [1.82, 2.24) is 10.6 Å². The minimum absolute atomic E-state index is 0.0859. The maximum absolute atomic E-state index is 14.5. The number of hydrogen-bond donors (Lipinski definition) is 4. The lowest BCUT2D eigenvalue weighted by molar-refractivity contribution is 0.593. The molecule has 4 nitrogen and oxygen atoms in total. The smallest absolute Gasteiger partial charge is 0.173 e. The van der Waals surface area contributed by atoms with Gasteiger partial charge in [0.05, 0.1) is 11.9 Å². The number of nitrogens with one attached hydrogen (secondary N) is 4. The number of halogens is 2. The van der Waals surface area contributed by atoms with E-state index in [1.165, 1.54) is 24.1 Å². The highest BCUT2D eigenvalue weighted by Crippen LogP contribution is 2.28. The van der Waals surface area contributed by atoms with E-state index in [0.29, 0.717) is 0 Å². The highest BCUT2D eigenvalue weighted by molar-refractivity contribution is 8.00. The molecule has 136 valence electrons. The van der Waals surface area contributed by atoms with Gasteiger partial charge in [-0.2, -0.15) is 0 Å². The molecule has 0 spiro atoms. The average Bonchev–Trinajstić information content (AvgIpc) is 2.63. The Labute approximate surface area is 152 Å². The maximum Gasteiger partial charge on any atom is 0.173 e. The van der Waals surface area contributed by atoms with Gasteiger partial charge in [0, 0.05) is 18.2 Å². The number of dihydropyridines is 1. The van der Waals surface area contributed by atoms with Crippen LogP contribution in [0.3, 0.4) is 0 Å². The van der Waals surface area contributed by atoms with Gasteiger partial charge in [-0.1, -0.05) is 24.9 Å². The molecule has 1 atom stereocenters. The third-order valence-electron chi connectivity index (χ3n) is 3.67. The van der Waals surface area contributed by atoms with Crippen molar-refractivity contribution in [2.45, 2.75) is 26.4 Å². The van der Waals surface area contributed by atoms with Gasteiger partial charge in [0.15, 0.2) is 5.82 Å². The number of anilines is 2. The van der Waals surface area contributed by atoms with Gasteiger partial charge >= 0.3 is 0 Å². The molecule has 4 N–H and O–H groups in total. The van der Waals surface area contributed by atoms with E-state index in [-0.39, 0.29) is 17.5 Å².